The zero-order chi connectivity index (χ0) is 14.0. The molecule has 0 unspecified atom stereocenters. The molecule has 2 rings (SSSR count). The van der Waals surface area contributed by atoms with Crippen LogP contribution in [0.15, 0.2) is 18.2 Å². The lowest BCUT2D eigenvalue weighted by molar-refractivity contribution is 0.608. The molecule has 2 aromatic rings. The van der Waals surface area contributed by atoms with Gasteiger partial charge in [0.05, 0.1) is 0 Å². The highest BCUT2D eigenvalue weighted by Crippen LogP contribution is 2.16. The van der Waals surface area contributed by atoms with Crippen molar-refractivity contribution >= 4 is 17.4 Å². The molecule has 3 nitrogen and oxygen atoms in total. The third-order valence-electron chi connectivity index (χ3n) is 2.80. The summed E-state index contributed by atoms with van der Waals surface area (Å²) in [4.78, 5) is 8.07. The first-order valence-corrected chi connectivity index (χ1v) is 6.34. The second-order valence-corrected chi connectivity index (χ2v) is 4.90. The highest BCUT2D eigenvalue weighted by atomic mass is 35.5. The molecule has 1 heterocycles. The van der Waals surface area contributed by atoms with E-state index in [-0.39, 0.29) is 11.1 Å². The fraction of sp³-hybridized carbons (Fsp3) is 0.286. The summed E-state index contributed by atoms with van der Waals surface area (Å²) in [6.07, 6.45) is 0. The van der Waals surface area contributed by atoms with Crippen LogP contribution in [0.4, 0.5) is 10.2 Å². The molecule has 0 saturated carbocycles. The van der Waals surface area contributed by atoms with Gasteiger partial charge < -0.3 is 5.32 Å². The summed E-state index contributed by atoms with van der Waals surface area (Å²) in [6.45, 7) is 5.94. The number of aryl methyl sites for hydroxylation is 3. The second-order valence-electron chi connectivity index (χ2n) is 4.56. The minimum absolute atomic E-state index is 0.148. The Morgan fingerprint density at radius 3 is 2.32 bits per heavy atom. The molecule has 0 bridgehead atoms. The quantitative estimate of drug-likeness (QED) is 0.868. The highest BCUT2D eigenvalue weighted by molar-refractivity contribution is 6.28. The van der Waals surface area contributed by atoms with E-state index in [1.807, 2.05) is 25.1 Å². The Morgan fingerprint density at radius 1 is 1.11 bits per heavy atom. The third kappa shape index (κ3) is 3.41. The summed E-state index contributed by atoms with van der Waals surface area (Å²) in [5.74, 6) is 0.516. The van der Waals surface area contributed by atoms with E-state index in [1.54, 1.807) is 13.8 Å². The molecule has 5 heteroatoms. The first-order valence-electron chi connectivity index (χ1n) is 5.96. The van der Waals surface area contributed by atoms with Crippen LogP contribution >= 0.6 is 11.6 Å². The van der Waals surface area contributed by atoms with E-state index in [2.05, 4.69) is 15.3 Å². The number of halogens is 2. The molecule has 0 amide bonds. The lowest BCUT2D eigenvalue weighted by Crippen LogP contribution is -2.04. The van der Waals surface area contributed by atoms with Gasteiger partial charge in [-0.15, -0.1) is 0 Å². The highest BCUT2D eigenvalue weighted by Gasteiger charge is 2.05. The number of anilines is 1. The van der Waals surface area contributed by atoms with Crippen LogP contribution in [0.2, 0.25) is 5.28 Å². The number of hydrogen-bond donors (Lipinski definition) is 1. The SMILES string of the molecule is Cc1cc(NCc2cc(C)c(F)c(C)c2)nc(Cl)n1. The van der Waals surface area contributed by atoms with Gasteiger partial charge in [-0.2, -0.15) is 0 Å². The predicted octanol–water partition coefficient (Wildman–Crippen LogP) is 3.81. The molecule has 0 aliphatic carbocycles. The van der Waals surface area contributed by atoms with E-state index in [9.17, 15) is 4.39 Å². The van der Waals surface area contributed by atoms with Gasteiger partial charge in [-0.3, -0.25) is 0 Å². The van der Waals surface area contributed by atoms with Crippen molar-refractivity contribution in [1.29, 1.82) is 0 Å². The van der Waals surface area contributed by atoms with Crippen LogP contribution in [-0.4, -0.2) is 9.97 Å². The average molecular weight is 280 g/mol. The average Bonchev–Trinajstić information content (AvgIpc) is 2.32. The molecule has 0 saturated heterocycles. The van der Waals surface area contributed by atoms with E-state index in [0.29, 0.717) is 23.5 Å². The van der Waals surface area contributed by atoms with Crippen LogP contribution in [0.5, 0.6) is 0 Å². The van der Waals surface area contributed by atoms with Crippen LogP contribution in [0.1, 0.15) is 22.4 Å². The largest absolute Gasteiger partial charge is 0.366 e. The number of benzene rings is 1. The molecule has 0 aliphatic rings. The molecular weight excluding hydrogens is 265 g/mol. The van der Waals surface area contributed by atoms with E-state index in [1.165, 1.54) is 0 Å². The molecule has 1 N–H and O–H groups in total. The van der Waals surface area contributed by atoms with Crippen LogP contribution in [0.3, 0.4) is 0 Å². The van der Waals surface area contributed by atoms with Crippen molar-refractivity contribution in [3.8, 4) is 0 Å². The molecule has 100 valence electrons. The molecule has 0 radical (unpaired) electrons. The van der Waals surface area contributed by atoms with Gasteiger partial charge in [0, 0.05) is 18.3 Å². The molecule has 19 heavy (non-hydrogen) atoms. The molecule has 0 aliphatic heterocycles. The van der Waals surface area contributed by atoms with Crippen LogP contribution in [-0.2, 0) is 6.54 Å². The Kier molecular flexibility index (Phi) is 4.00. The Hall–Kier alpha value is -1.68. The lowest BCUT2D eigenvalue weighted by Gasteiger charge is -2.09. The molecule has 1 aromatic heterocycles. The summed E-state index contributed by atoms with van der Waals surface area (Å²) in [6, 6.07) is 5.46. The molecular formula is C14H15ClFN3. The fourth-order valence-electron chi connectivity index (χ4n) is 1.95. The molecule has 0 spiro atoms. The lowest BCUT2D eigenvalue weighted by atomic mass is 10.1. The van der Waals surface area contributed by atoms with Gasteiger partial charge in [0.2, 0.25) is 5.28 Å². The van der Waals surface area contributed by atoms with E-state index in [0.717, 1.165) is 11.3 Å². The van der Waals surface area contributed by atoms with Crippen LogP contribution in [0.25, 0.3) is 0 Å². The van der Waals surface area contributed by atoms with Crippen LogP contribution < -0.4 is 5.32 Å². The van der Waals surface area contributed by atoms with Gasteiger partial charge >= 0.3 is 0 Å². The number of aromatic nitrogens is 2. The number of hydrogen-bond acceptors (Lipinski definition) is 3. The minimum atomic E-state index is -0.148. The van der Waals surface area contributed by atoms with Crippen LogP contribution in [0, 0.1) is 26.6 Å². The van der Waals surface area contributed by atoms with Crippen molar-refractivity contribution in [2.24, 2.45) is 0 Å². The summed E-state index contributed by atoms with van der Waals surface area (Å²) in [7, 11) is 0. The Balaban J connectivity index is 2.14. The Morgan fingerprint density at radius 2 is 1.74 bits per heavy atom. The first-order chi connectivity index (χ1) is 8.95. The second kappa shape index (κ2) is 5.53. The Labute approximate surface area is 116 Å². The van der Waals surface area contributed by atoms with Gasteiger partial charge in [-0.25, -0.2) is 14.4 Å². The third-order valence-corrected chi connectivity index (χ3v) is 2.97. The van der Waals surface area contributed by atoms with Gasteiger partial charge in [0.25, 0.3) is 0 Å². The van der Waals surface area contributed by atoms with Gasteiger partial charge in [-0.1, -0.05) is 12.1 Å². The smallest absolute Gasteiger partial charge is 0.224 e. The van der Waals surface area contributed by atoms with E-state index in [4.69, 9.17) is 11.6 Å². The van der Waals surface area contributed by atoms with Crippen molar-refractivity contribution in [3.05, 3.63) is 51.7 Å². The molecule has 0 atom stereocenters. The zero-order valence-corrected chi connectivity index (χ0v) is 11.8. The van der Waals surface area contributed by atoms with Gasteiger partial charge in [-0.05, 0) is 49.1 Å². The maximum atomic E-state index is 13.5. The summed E-state index contributed by atoms with van der Waals surface area (Å²) in [5, 5.41) is 3.38. The fourth-order valence-corrected chi connectivity index (χ4v) is 2.18. The number of nitrogens with one attached hydrogen (secondary N) is 1. The van der Waals surface area contributed by atoms with Crippen molar-refractivity contribution in [1.82, 2.24) is 9.97 Å². The first kappa shape index (κ1) is 13.7. The standard InChI is InChI=1S/C14H15ClFN3/c1-8-4-11(5-9(2)13(8)16)7-17-12-6-10(3)18-14(15)19-12/h4-6H,7H2,1-3H3,(H,17,18,19). The molecule has 0 fully saturated rings. The number of nitrogens with zero attached hydrogens (tertiary/aromatic N) is 2. The predicted molar refractivity (Wildman–Crippen MR) is 75.0 cm³/mol. The maximum Gasteiger partial charge on any atom is 0.224 e. The zero-order valence-electron chi connectivity index (χ0n) is 11.1. The molecule has 1 aromatic carbocycles. The number of rotatable bonds is 3. The van der Waals surface area contributed by atoms with Crippen molar-refractivity contribution in [2.75, 3.05) is 5.32 Å². The van der Waals surface area contributed by atoms with Crippen molar-refractivity contribution < 1.29 is 4.39 Å². The van der Waals surface area contributed by atoms with Crippen molar-refractivity contribution in [2.45, 2.75) is 27.3 Å². The topological polar surface area (TPSA) is 37.8 Å². The van der Waals surface area contributed by atoms with Gasteiger partial charge in [0.1, 0.15) is 11.6 Å². The Bertz CT molecular complexity index is 570. The normalized spacial score (nSPS) is 10.6. The summed E-state index contributed by atoms with van der Waals surface area (Å²) >= 11 is 5.79. The van der Waals surface area contributed by atoms with Gasteiger partial charge in [0.15, 0.2) is 0 Å². The summed E-state index contributed by atoms with van der Waals surface area (Å²) in [5.41, 5.74) is 3.10. The van der Waals surface area contributed by atoms with Crippen molar-refractivity contribution in [3.63, 3.8) is 0 Å². The minimum Gasteiger partial charge on any atom is -0.366 e. The van der Waals surface area contributed by atoms with E-state index < -0.39 is 0 Å². The monoisotopic (exact) mass is 279 g/mol. The van der Waals surface area contributed by atoms with E-state index >= 15 is 0 Å². The maximum absolute atomic E-state index is 13.5. The summed E-state index contributed by atoms with van der Waals surface area (Å²) < 4.78 is 13.5.